The fourth-order valence-corrected chi connectivity index (χ4v) is 9.39. The van der Waals surface area contributed by atoms with E-state index >= 15 is 0 Å². The van der Waals surface area contributed by atoms with Crippen molar-refractivity contribution >= 4 is 11.8 Å². The van der Waals surface area contributed by atoms with Gasteiger partial charge in [-0.1, -0.05) is 20.8 Å². The van der Waals surface area contributed by atoms with Crippen molar-refractivity contribution in [2.24, 2.45) is 40.4 Å². The summed E-state index contributed by atoms with van der Waals surface area (Å²) in [4.78, 5) is 25.4. The number of fused-ring (bicyclic) bond motifs is 5. The molecule has 13 atom stereocenters. The number of hydrogen-bond acceptors (Lipinski definition) is 8. The Morgan fingerprint density at radius 3 is 2.41 bits per heavy atom. The Morgan fingerprint density at radius 1 is 1.11 bits per heavy atom. The third kappa shape index (κ3) is 3.65. The first-order valence-corrected chi connectivity index (χ1v) is 14.0. The molecular formula is C29H44O8. The summed E-state index contributed by atoms with van der Waals surface area (Å²) in [5.41, 5.74) is -3.47. The summed E-state index contributed by atoms with van der Waals surface area (Å²) in [6.07, 6.45) is 1.21. The summed E-state index contributed by atoms with van der Waals surface area (Å²) in [6, 6.07) is 0. The van der Waals surface area contributed by atoms with Crippen molar-refractivity contribution in [1.29, 1.82) is 0 Å². The Balaban J connectivity index is 1.44. The van der Waals surface area contributed by atoms with E-state index in [1.54, 1.807) is 19.9 Å². The van der Waals surface area contributed by atoms with Crippen molar-refractivity contribution in [2.75, 3.05) is 0 Å². The number of hydrogen-bond donors (Lipinski definition) is 5. The molecule has 5 rings (SSSR count). The van der Waals surface area contributed by atoms with Gasteiger partial charge in [-0.2, -0.15) is 0 Å². The number of cyclic esters (lactones) is 1. The first kappa shape index (κ1) is 27.3. The third-order valence-electron chi connectivity index (χ3n) is 11.9. The van der Waals surface area contributed by atoms with Crippen LogP contribution in [0.5, 0.6) is 0 Å². The molecule has 0 aromatic rings. The van der Waals surface area contributed by atoms with Gasteiger partial charge in [-0.05, 0) is 87.7 Å². The Morgan fingerprint density at radius 2 is 1.78 bits per heavy atom. The zero-order valence-corrected chi connectivity index (χ0v) is 22.7. The van der Waals surface area contributed by atoms with E-state index in [0.717, 1.165) is 0 Å². The van der Waals surface area contributed by atoms with Gasteiger partial charge in [-0.25, -0.2) is 0 Å². The molecule has 4 fully saturated rings. The van der Waals surface area contributed by atoms with Crippen molar-refractivity contribution in [3.63, 3.8) is 0 Å². The Kier molecular flexibility index (Phi) is 6.33. The van der Waals surface area contributed by atoms with E-state index in [0.29, 0.717) is 37.7 Å². The summed E-state index contributed by atoms with van der Waals surface area (Å²) < 4.78 is 5.34. The molecule has 208 valence electrons. The average Bonchev–Trinajstić information content (AvgIpc) is 3.23. The molecule has 1 unspecified atom stereocenters. The van der Waals surface area contributed by atoms with Crippen LogP contribution in [0, 0.1) is 40.4 Å². The predicted octanol–water partition coefficient (Wildman–Crippen LogP) is 1.89. The van der Waals surface area contributed by atoms with Gasteiger partial charge in [-0.3, -0.25) is 9.59 Å². The lowest BCUT2D eigenvalue weighted by Gasteiger charge is -2.60. The van der Waals surface area contributed by atoms with E-state index < -0.39 is 52.2 Å². The Labute approximate surface area is 219 Å². The van der Waals surface area contributed by atoms with Gasteiger partial charge in [0, 0.05) is 17.3 Å². The van der Waals surface area contributed by atoms with Gasteiger partial charge in [0.15, 0.2) is 5.78 Å². The SMILES string of the molecule is CC1C(=O)O[C@H](C)[C@H]1C[C@@H](O)[C@](C)(O)[C@H]1CC[C@@]2(O)C3=CC(=O)[C@@H]4C[C@@H](O)[C@@H](O)C[C@]4(C)[C@H]3CC[C@]12C. The Hall–Kier alpha value is -1.32. The standard InChI is InChI=1S/C29H44O8/c1-14-16(15(2)37-25(14)34)10-24(33)28(5,35)23-7-9-29(36)18-11-20(30)19-12-21(31)22(32)13-26(19,3)17(18)6-8-27(23,29)4/h11,14-17,19,21-24,31-33,35-36H,6-10,12-13H2,1-5H3/t14?,15-,16+,17+,19+,21-,22+,23+,24-,26-,27-,28-,29-/m1/s1. The number of ether oxygens (including phenoxy) is 1. The maximum Gasteiger partial charge on any atom is 0.309 e. The zero-order valence-electron chi connectivity index (χ0n) is 22.7. The van der Waals surface area contributed by atoms with Crippen LogP contribution in [0.2, 0.25) is 0 Å². The van der Waals surface area contributed by atoms with E-state index in [-0.39, 0.29) is 48.5 Å². The van der Waals surface area contributed by atoms with Crippen LogP contribution < -0.4 is 0 Å². The van der Waals surface area contributed by atoms with Crippen molar-refractivity contribution in [2.45, 2.75) is 115 Å². The second kappa shape index (κ2) is 8.59. The van der Waals surface area contributed by atoms with E-state index in [4.69, 9.17) is 4.74 Å². The second-order valence-electron chi connectivity index (χ2n) is 13.7. The van der Waals surface area contributed by atoms with Crippen molar-refractivity contribution in [3.05, 3.63) is 11.6 Å². The summed E-state index contributed by atoms with van der Waals surface area (Å²) in [7, 11) is 0. The quantitative estimate of drug-likeness (QED) is 0.354. The van der Waals surface area contributed by atoms with Crippen molar-refractivity contribution < 1.29 is 39.9 Å². The minimum Gasteiger partial charge on any atom is -0.462 e. The minimum absolute atomic E-state index is 0.104. The van der Waals surface area contributed by atoms with Crippen LogP contribution >= 0.6 is 0 Å². The number of carbonyl (C=O) groups excluding carboxylic acids is 2. The lowest BCUT2D eigenvalue weighted by molar-refractivity contribution is -0.178. The van der Waals surface area contributed by atoms with Gasteiger partial charge < -0.3 is 30.3 Å². The predicted molar refractivity (Wildman–Crippen MR) is 134 cm³/mol. The number of esters is 1. The molecular weight excluding hydrogens is 476 g/mol. The van der Waals surface area contributed by atoms with E-state index in [1.807, 2.05) is 20.8 Å². The third-order valence-corrected chi connectivity index (χ3v) is 11.9. The number of allylic oxidation sites excluding steroid dienone is 1. The minimum atomic E-state index is -1.52. The number of carbonyl (C=O) groups is 2. The van der Waals surface area contributed by atoms with Crippen LogP contribution in [0.4, 0.5) is 0 Å². The molecule has 0 amide bonds. The van der Waals surface area contributed by atoms with Crippen LogP contribution in [0.1, 0.15) is 79.6 Å². The molecule has 0 bridgehead atoms. The molecule has 1 heterocycles. The number of rotatable bonds is 4. The smallest absolute Gasteiger partial charge is 0.309 e. The fraction of sp³-hybridized carbons (Fsp3) is 0.862. The highest BCUT2D eigenvalue weighted by Gasteiger charge is 2.69. The molecule has 4 aliphatic carbocycles. The van der Waals surface area contributed by atoms with Crippen molar-refractivity contribution in [1.82, 2.24) is 0 Å². The summed E-state index contributed by atoms with van der Waals surface area (Å²) >= 11 is 0. The monoisotopic (exact) mass is 520 g/mol. The Bertz CT molecular complexity index is 1010. The number of aliphatic hydroxyl groups is 5. The summed E-state index contributed by atoms with van der Waals surface area (Å²) in [5, 5.41) is 56.2. The first-order chi connectivity index (χ1) is 17.1. The summed E-state index contributed by atoms with van der Waals surface area (Å²) in [6.45, 7) is 9.21. The molecule has 5 aliphatic rings. The lowest BCUT2D eigenvalue weighted by atomic mass is 9.45. The average molecular weight is 521 g/mol. The van der Waals surface area contributed by atoms with Crippen molar-refractivity contribution in [3.8, 4) is 0 Å². The second-order valence-corrected chi connectivity index (χ2v) is 13.7. The molecule has 1 saturated heterocycles. The molecule has 8 heteroatoms. The van der Waals surface area contributed by atoms with E-state index in [2.05, 4.69) is 0 Å². The van der Waals surface area contributed by atoms with Gasteiger partial charge >= 0.3 is 5.97 Å². The maximum absolute atomic E-state index is 13.3. The van der Waals surface area contributed by atoms with Gasteiger partial charge in [0.1, 0.15) is 6.10 Å². The lowest BCUT2D eigenvalue weighted by Crippen LogP contribution is -2.63. The maximum atomic E-state index is 13.3. The normalized spacial score (nSPS) is 51.9. The first-order valence-electron chi connectivity index (χ1n) is 14.0. The zero-order chi connectivity index (χ0) is 27.3. The highest BCUT2D eigenvalue weighted by Crippen LogP contribution is 2.68. The number of ketones is 1. The molecule has 8 nitrogen and oxygen atoms in total. The summed E-state index contributed by atoms with van der Waals surface area (Å²) in [5.74, 6) is -1.88. The van der Waals surface area contributed by atoms with Gasteiger partial charge in [0.25, 0.3) is 0 Å². The van der Waals surface area contributed by atoms with Crippen LogP contribution in [-0.4, -0.2) is 72.9 Å². The highest BCUT2D eigenvalue weighted by atomic mass is 16.6. The molecule has 0 aromatic carbocycles. The van der Waals surface area contributed by atoms with Gasteiger partial charge in [-0.15, -0.1) is 0 Å². The van der Waals surface area contributed by atoms with Crippen LogP contribution in [0.3, 0.4) is 0 Å². The van der Waals surface area contributed by atoms with Crippen LogP contribution in [0.15, 0.2) is 11.6 Å². The molecule has 3 saturated carbocycles. The number of aliphatic hydroxyl groups excluding tert-OH is 3. The largest absolute Gasteiger partial charge is 0.462 e. The molecule has 1 aliphatic heterocycles. The van der Waals surface area contributed by atoms with Gasteiger partial charge in [0.2, 0.25) is 0 Å². The van der Waals surface area contributed by atoms with Crippen LogP contribution in [0.25, 0.3) is 0 Å². The molecule has 0 spiro atoms. The van der Waals surface area contributed by atoms with E-state index in [1.165, 1.54) is 0 Å². The highest BCUT2D eigenvalue weighted by molar-refractivity contribution is 5.95. The molecule has 0 radical (unpaired) electrons. The molecule has 0 aromatic heterocycles. The fourth-order valence-electron chi connectivity index (χ4n) is 9.39. The molecule has 5 N–H and O–H groups in total. The van der Waals surface area contributed by atoms with Gasteiger partial charge in [0.05, 0.1) is 35.4 Å². The van der Waals surface area contributed by atoms with Crippen LogP contribution in [-0.2, 0) is 14.3 Å². The van der Waals surface area contributed by atoms with E-state index in [9.17, 15) is 35.1 Å². The molecule has 37 heavy (non-hydrogen) atoms. The topological polar surface area (TPSA) is 145 Å².